The normalized spacial score (nSPS) is 12.2. The summed E-state index contributed by atoms with van der Waals surface area (Å²) in [7, 11) is 1.48. The molecule has 0 saturated carbocycles. The van der Waals surface area contributed by atoms with E-state index >= 15 is 0 Å². The molecular weight excluding hydrogens is 428 g/mol. The highest BCUT2D eigenvalue weighted by Gasteiger charge is 2.37. The van der Waals surface area contributed by atoms with Crippen LogP contribution >= 0.6 is 0 Å². The number of phenols is 1. The molecule has 0 amide bonds. The van der Waals surface area contributed by atoms with Crippen LogP contribution in [0, 0.1) is 6.92 Å². The lowest BCUT2D eigenvalue weighted by atomic mass is 9.91. The lowest BCUT2D eigenvalue weighted by Crippen LogP contribution is -2.41. The first-order chi connectivity index (χ1) is 15.5. The first kappa shape index (κ1) is 25.1. The molecule has 0 unspecified atom stereocenters. The average molecular weight is 467 g/mol. The molecule has 4 nitrogen and oxygen atoms in total. The number of phenolic OH excluding ortho intramolecular Hbond substituents is 1. The molecule has 0 aromatic heterocycles. The molecule has 3 aromatic rings. The van der Waals surface area contributed by atoms with Crippen molar-refractivity contribution >= 4 is 19.1 Å². The van der Waals surface area contributed by atoms with E-state index in [-0.39, 0.29) is 5.04 Å². The van der Waals surface area contributed by atoms with E-state index in [1.807, 2.05) is 31.2 Å². The van der Waals surface area contributed by atoms with Crippen molar-refractivity contribution in [2.75, 3.05) is 20.8 Å². The van der Waals surface area contributed by atoms with Gasteiger partial charge in [-0.2, -0.15) is 0 Å². The molecule has 3 aromatic carbocycles. The Morgan fingerprint density at radius 3 is 2.18 bits per heavy atom. The summed E-state index contributed by atoms with van der Waals surface area (Å²) < 4.78 is 17.9. The van der Waals surface area contributed by atoms with Crippen LogP contribution in [0.3, 0.4) is 0 Å². The Hall–Kier alpha value is -2.50. The minimum atomic E-state index is -1.87. The van der Waals surface area contributed by atoms with E-state index in [4.69, 9.17) is 13.9 Å². The second-order valence-electron chi connectivity index (χ2n) is 10.2. The van der Waals surface area contributed by atoms with Gasteiger partial charge in [0.15, 0.2) is 8.32 Å². The maximum atomic E-state index is 11.4. The molecular formula is C28H38O4Si. The summed E-state index contributed by atoms with van der Waals surface area (Å²) in [6.45, 7) is 13.8. The Bertz CT molecular complexity index is 1110. The van der Waals surface area contributed by atoms with Crippen LogP contribution in [-0.2, 0) is 17.3 Å². The van der Waals surface area contributed by atoms with Gasteiger partial charge in [-0.15, -0.1) is 0 Å². The molecule has 0 aliphatic carbocycles. The molecule has 1 N–H and O–H groups in total. The number of hydrogen-bond acceptors (Lipinski definition) is 4. The van der Waals surface area contributed by atoms with Crippen LogP contribution in [-0.4, -0.2) is 34.3 Å². The van der Waals surface area contributed by atoms with Gasteiger partial charge in [-0.25, -0.2) is 0 Å². The van der Waals surface area contributed by atoms with Crippen molar-refractivity contribution in [3.8, 4) is 17.2 Å². The van der Waals surface area contributed by atoms with Crippen LogP contribution in [0.15, 0.2) is 42.5 Å². The molecule has 0 saturated heterocycles. The third-order valence-electron chi connectivity index (χ3n) is 7.04. The number of methoxy groups -OCH3 is 2. The van der Waals surface area contributed by atoms with Crippen LogP contribution in [0.1, 0.15) is 43.0 Å². The molecule has 178 valence electrons. The number of hydrogen-bond donors (Lipinski definition) is 1. The molecule has 0 aliphatic rings. The number of fused-ring (bicyclic) bond motifs is 1. The van der Waals surface area contributed by atoms with E-state index in [1.165, 1.54) is 0 Å². The molecule has 0 bridgehead atoms. The molecule has 0 heterocycles. The van der Waals surface area contributed by atoms with Gasteiger partial charge in [0.1, 0.15) is 17.2 Å². The zero-order valence-electron chi connectivity index (χ0n) is 21.3. The minimum Gasteiger partial charge on any atom is -0.507 e. The average Bonchev–Trinajstić information content (AvgIpc) is 2.76. The van der Waals surface area contributed by atoms with Crippen molar-refractivity contribution in [3.05, 3.63) is 64.7 Å². The predicted molar refractivity (Wildman–Crippen MR) is 140 cm³/mol. The fourth-order valence-electron chi connectivity index (χ4n) is 3.99. The zero-order chi connectivity index (χ0) is 24.4. The van der Waals surface area contributed by atoms with Gasteiger partial charge in [0, 0.05) is 29.5 Å². The second kappa shape index (κ2) is 9.78. The third-order valence-corrected chi connectivity index (χ3v) is 11.6. The van der Waals surface area contributed by atoms with E-state index in [2.05, 4.69) is 52.1 Å². The van der Waals surface area contributed by atoms with Crippen LogP contribution in [0.2, 0.25) is 18.1 Å². The fraction of sp³-hybridized carbons (Fsp3) is 0.429. The maximum Gasteiger partial charge on any atom is 0.191 e. The molecule has 0 fully saturated rings. The molecule has 0 atom stereocenters. The highest BCUT2D eigenvalue weighted by atomic mass is 28.4. The highest BCUT2D eigenvalue weighted by molar-refractivity contribution is 6.74. The summed E-state index contributed by atoms with van der Waals surface area (Å²) in [5.74, 6) is 1.87. The maximum absolute atomic E-state index is 11.4. The van der Waals surface area contributed by atoms with Gasteiger partial charge in [0.2, 0.25) is 0 Å². The van der Waals surface area contributed by atoms with Crippen molar-refractivity contribution in [2.24, 2.45) is 0 Å². The van der Waals surface area contributed by atoms with Crippen molar-refractivity contribution in [1.29, 1.82) is 0 Å². The summed E-state index contributed by atoms with van der Waals surface area (Å²) in [4.78, 5) is 0. The Morgan fingerprint density at radius 2 is 1.61 bits per heavy atom. The van der Waals surface area contributed by atoms with E-state index in [1.54, 1.807) is 14.2 Å². The van der Waals surface area contributed by atoms with Crippen LogP contribution in [0.5, 0.6) is 17.2 Å². The molecule has 0 aliphatic heterocycles. The molecule has 3 rings (SSSR count). The largest absolute Gasteiger partial charge is 0.507 e. The van der Waals surface area contributed by atoms with Crippen LogP contribution in [0.25, 0.3) is 10.8 Å². The molecule has 5 heteroatoms. The SMILES string of the molecule is COc1cc2c(Cc3ccccc3)c(O)c(CCO[Si](C)(C)C(C)(C)C)cc2c(OC)c1C. The summed E-state index contributed by atoms with van der Waals surface area (Å²) >= 11 is 0. The number of rotatable bonds is 8. The van der Waals surface area contributed by atoms with E-state index in [0.29, 0.717) is 25.2 Å². The van der Waals surface area contributed by atoms with Gasteiger partial charge < -0.3 is 19.0 Å². The van der Waals surface area contributed by atoms with Crippen LogP contribution < -0.4 is 9.47 Å². The van der Waals surface area contributed by atoms with E-state index in [0.717, 1.165) is 44.5 Å². The highest BCUT2D eigenvalue weighted by Crippen LogP contribution is 2.43. The van der Waals surface area contributed by atoms with Crippen LogP contribution in [0.4, 0.5) is 0 Å². The summed E-state index contributed by atoms with van der Waals surface area (Å²) in [5.41, 5.74) is 3.86. The van der Waals surface area contributed by atoms with Crippen molar-refractivity contribution in [2.45, 2.75) is 58.7 Å². The van der Waals surface area contributed by atoms with E-state index < -0.39 is 8.32 Å². The topological polar surface area (TPSA) is 47.9 Å². The zero-order valence-corrected chi connectivity index (χ0v) is 22.3. The van der Waals surface area contributed by atoms with Crippen molar-refractivity contribution < 1.29 is 19.0 Å². The second-order valence-corrected chi connectivity index (χ2v) is 15.0. The lowest BCUT2D eigenvalue weighted by Gasteiger charge is -2.36. The van der Waals surface area contributed by atoms with E-state index in [9.17, 15) is 5.11 Å². The monoisotopic (exact) mass is 466 g/mol. The Morgan fingerprint density at radius 1 is 0.939 bits per heavy atom. The van der Waals surface area contributed by atoms with Gasteiger partial charge in [0.25, 0.3) is 0 Å². The van der Waals surface area contributed by atoms with Gasteiger partial charge in [0.05, 0.1) is 14.2 Å². The minimum absolute atomic E-state index is 0.147. The van der Waals surface area contributed by atoms with Gasteiger partial charge in [-0.05, 0) is 60.1 Å². The number of aromatic hydroxyl groups is 1. The quantitative estimate of drug-likeness (QED) is 0.362. The first-order valence-electron chi connectivity index (χ1n) is 11.6. The fourth-order valence-corrected chi connectivity index (χ4v) is 5.03. The van der Waals surface area contributed by atoms with Crippen molar-refractivity contribution in [1.82, 2.24) is 0 Å². The Balaban J connectivity index is 2.11. The van der Waals surface area contributed by atoms with Crippen molar-refractivity contribution in [3.63, 3.8) is 0 Å². The number of benzene rings is 3. The lowest BCUT2D eigenvalue weighted by molar-refractivity contribution is 0.290. The predicted octanol–water partition coefficient (Wildman–Crippen LogP) is 7.03. The van der Waals surface area contributed by atoms with Gasteiger partial charge >= 0.3 is 0 Å². The smallest absolute Gasteiger partial charge is 0.191 e. The summed E-state index contributed by atoms with van der Waals surface area (Å²) in [6, 6.07) is 14.3. The molecule has 0 radical (unpaired) electrons. The van der Waals surface area contributed by atoms with Gasteiger partial charge in [-0.1, -0.05) is 51.1 Å². The van der Waals surface area contributed by atoms with Gasteiger partial charge in [-0.3, -0.25) is 0 Å². The third kappa shape index (κ3) is 5.20. The summed E-state index contributed by atoms with van der Waals surface area (Å²) in [6.07, 6.45) is 1.26. The Kier molecular flexibility index (Phi) is 7.44. The number of ether oxygens (including phenoxy) is 2. The standard InChI is InChI=1S/C28H38O4Si/c1-19-25(30-5)18-22-23(16-20-12-10-9-11-13-20)26(29)21(17-24(22)27(19)31-6)14-15-32-33(7,8)28(2,3)4/h9-13,17-18,29H,14-16H2,1-8H3. The molecule has 0 spiro atoms. The Labute approximate surface area is 199 Å². The first-order valence-corrected chi connectivity index (χ1v) is 14.5. The molecule has 33 heavy (non-hydrogen) atoms. The summed E-state index contributed by atoms with van der Waals surface area (Å²) in [5, 5.41) is 13.5.